The van der Waals surface area contributed by atoms with Crippen LogP contribution in [0.1, 0.15) is 50.5 Å². The Hall–Kier alpha value is -1.35. The summed E-state index contributed by atoms with van der Waals surface area (Å²) in [5.74, 6) is 2.12. The average molecular weight is 353 g/mol. The third-order valence-corrected chi connectivity index (χ3v) is 7.95. The fourth-order valence-electron chi connectivity index (χ4n) is 7.28. The highest BCUT2D eigenvalue weighted by atomic mass is 16.2. The van der Waals surface area contributed by atoms with E-state index in [-0.39, 0.29) is 5.41 Å². The van der Waals surface area contributed by atoms with Crippen LogP contribution in [-0.2, 0) is 10.2 Å². The van der Waals surface area contributed by atoms with Gasteiger partial charge in [-0.1, -0.05) is 30.3 Å². The normalized spacial score (nSPS) is 39.3. The molecule has 5 aliphatic rings. The number of rotatable bonds is 3. The van der Waals surface area contributed by atoms with Crippen molar-refractivity contribution in [3.8, 4) is 0 Å². The lowest BCUT2D eigenvalue weighted by atomic mass is 9.42. The number of amides is 1. The predicted molar refractivity (Wildman–Crippen MR) is 104 cm³/mol. The zero-order valence-corrected chi connectivity index (χ0v) is 16.1. The monoisotopic (exact) mass is 352 g/mol. The van der Waals surface area contributed by atoms with Crippen LogP contribution in [0.5, 0.6) is 0 Å². The first kappa shape index (κ1) is 16.8. The highest BCUT2D eigenvalue weighted by Gasteiger charge is 2.58. The molecule has 4 saturated carbocycles. The van der Waals surface area contributed by atoms with Crippen LogP contribution in [-0.4, -0.2) is 48.9 Å². The van der Waals surface area contributed by atoms with Gasteiger partial charge < -0.3 is 9.80 Å². The molecule has 0 aromatic heterocycles. The molecule has 0 N–H and O–H groups in total. The number of hydrogen-bond acceptors (Lipinski definition) is 2. The molecule has 1 aromatic rings. The number of carbonyl (C=O) groups is 1. The highest BCUT2D eigenvalue weighted by Crippen LogP contribution is 2.66. The zero-order chi connectivity index (χ0) is 17.8. The van der Waals surface area contributed by atoms with Gasteiger partial charge in [-0.15, -0.1) is 0 Å². The van der Waals surface area contributed by atoms with Crippen molar-refractivity contribution in [3.05, 3.63) is 35.9 Å². The van der Waals surface area contributed by atoms with E-state index in [1.165, 1.54) is 38.5 Å². The van der Waals surface area contributed by atoms with Crippen molar-refractivity contribution >= 4 is 5.91 Å². The number of carbonyl (C=O) groups excluding carboxylic acids is 1. The molecule has 2 atom stereocenters. The quantitative estimate of drug-likeness (QED) is 0.828. The molecular weight excluding hydrogens is 320 g/mol. The molecule has 4 bridgehead atoms. The maximum absolute atomic E-state index is 13.1. The van der Waals surface area contributed by atoms with Gasteiger partial charge in [0.05, 0.1) is 0 Å². The van der Waals surface area contributed by atoms with Gasteiger partial charge in [-0.25, -0.2) is 0 Å². The molecule has 6 rings (SSSR count). The molecular formula is C23H32N2O. The molecule has 4 aliphatic carbocycles. The predicted octanol–water partition coefficient (Wildman–Crippen LogP) is 3.69. The van der Waals surface area contributed by atoms with E-state index in [0.29, 0.717) is 11.3 Å². The average Bonchev–Trinajstić information content (AvgIpc) is 2.61. The Morgan fingerprint density at radius 1 is 1.00 bits per heavy atom. The summed E-state index contributed by atoms with van der Waals surface area (Å²) in [5.41, 5.74) is 2.18. The second-order valence-electron chi connectivity index (χ2n) is 9.97. The van der Waals surface area contributed by atoms with Gasteiger partial charge in [0.25, 0.3) is 0 Å². The Morgan fingerprint density at radius 3 is 2.31 bits per heavy atom. The molecule has 26 heavy (non-hydrogen) atoms. The van der Waals surface area contributed by atoms with Gasteiger partial charge in [-0.05, 0) is 73.8 Å². The lowest BCUT2D eigenvalue weighted by Crippen LogP contribution is -2.56. The van der Waals surface area contributed by atoms with E-state index in [4.69, 9.17) is 0 Å². The molecule has 1 amide bonds. The van der Waals surface area contributed by atoms with Gasteiger partial charge in [-0.3, -0.25) is 4.79 Å². The lowest BCUT2D eigenvalue weighted by Gasteiger charge is -2.62. The number of benzene rings is 1. The van der Waals surface area contributed by atoms with Gasteiger partial charge in [0.2, 0.25) is 5.91 Å². The molecule has 0 radical (unpaired) electrons. The van der Waals surface area contributed by atoms with Crippen molar-refractivity contribution in [1.82, 2.24) is 9.80 Å². The van der Waals surface area contributed by atoms with Crippen molar-refractivity contribution in [2.75, 3.05) is 33.2 Å². The summed E-state index contributed by atoms with van der Waals surface area (Å²) in [4.78, 5) is 17.6. The smallest absolute Gasteiger partial charge is 0.223 e. The van der Waals surface area contributed by atoms with Gasteiger partial charge in [0.15, 0.2) is 0 Å². The Morgan fingerprint density at radius 2 is 1.65 bits per heavy atom. The first-order valence-electron chi connectivity index (χ1n) is 10.6. The van der Waals surface area contributed by atoms with Gasteiger partial charge in [0.1, 0.15) is 0 Å². The van der Waals surface area contributed by atoms with Crippen LogP contribution in [0.2, 0.25) is 0 Å². The van der Waals surface area contributed by atoms with E-state index in [0.717, 1.165) is 44.4 Å². The van der Waals surface area contributed by atoms with Crippen LogP contribution in [0.25, 0.3) is 0 Å². The van der Waals surface area contributed by atoms with Crippen LogP contribution in [0.3, 0.4) is 0 Å². The van der Waals surface area contributed by atoms with Crippen LogP contribution in [0.15, 0.2) is 30.3 Å². The van der Waals surface area contributed by atoms with E-state index in [2.05, 4.69) is 47.2 Å². The maximum Gasteiger partial charge on any atom is 0.223 e. The van der Waals surface area contributed by atoms with Crippen LogP contribution < -0.4 is 0 Å². The number of likely N-dealkylation sites (N-methyl/N-ethyl adjacent to an activating group) is 1. The summed E-state index contributed by atoms with van der Waals surface area (Å²) in [5, 5.41) is 0. The summed E-state index contributed by atoms with van der Waals surface area (Å²) < 4.78 is 0. The summed E-state index contributed by atoms with van der Waals surface area (Å²) in [7, 11) is 2.16. The molecule has 1 heterocycles. The second-order valence-corrected chi connectivity index (χ2v) is 9.97. The Labute approximate surface area is 157 Å². The molecule has 3 heteroatoms. The van der Waals surface area contributed by atoms with Crippen molar-refractivity contribution in [1.29, 1.82) is 0 Å². The minimum Gasteiger partial charge on any atom is -0.340 e. The van der Waals surface area contributed by atoms with Crippen molar-refractivity contribution < 1.29 is 4.79 Å². The fraction of sp³-hybridized carbons (Fsp3) is 0.696. The molecule has 1 saturated heterocycles. The first-order chi connectivity index (χ1) is 12.6. The zero-order valence-electron chi connectivity index (χ0n) is 16.1. The Balaban J connectivity index is 1.38. The SMILES string of the molecule is CN1CCN(C(=O)CC23C[C@@H]4C[C@@H](C2)CC(c2ccccc2)(C4)C3)CC1. The van der Waals surface area contributed by atoms with E-state index >= 15 is 0 Å². The minimum atomic E-state index is 0.278. The number of hydrogen-bond donors (Lipinski definition) is 0. The molecule has 5 fully saturated rings. The number of nitrogens with zero attached hydrogens (tertiary/aromatic N) is 2. The van der Waals surface area contributed by atoms with E-state index in [1.807, 2.05) is 0 Å². The summed E-state index contributed by atoms with van der Waals surface area (Å²) >= 11 is 0. The topological polar surface area (TPSA) is 23.6 Å². The summed E-state index contributed by atoms with van der Waals surface area (Å²) in [6, 6.07) is 11.2. The summed E-state index contributed by atoms with van der Waals surface area (Å²) in [6.07, 6.45) is 8.79. The van der Waals surface area contributed by atoms with Crippen molar-refractivity contribution in [2.24, 2.45) is 17.3 Å². The molecule has 0 spiro atoms. The van der Waals surface area contributed by atoms with Gasteiger partial charge in [-0.2, -0.15) is 0 Å². The molecule has 1 aliphatic heterocycles. The fourth-order valence-corrected chi connectivity index (χ4v) is 7.28. The van der Waals surface area contributed by atoms with Crippen LogP contribution >= 0.6 is 0 Å². The maximum atomic E-state index is 13.1. The minimum absolute atomic E-state index is 0.278. The van der Waals surface area contributed by atoms with Crippen LogP contribution in [0.4, 0.5) is 0 Å². The van der Waals surface area contributed by atoms with Gasteiger partial charge in [0, 0.05) is 32.6 Å². The van der Waals surface area contributed by atoms with Gasteiger partial charge >= 0.3 is 0 Å². The first-order valence-corrected chi connectivity index (χ1v) is 10.6. The molecule has 0 unspecified atom stereocenters. The highest BCUT2D eigenvalue weighted by molar-refractivity contribution is 5.77. The Kier molecular flexibility index (Phi) is 3.93. The second kappa shape index (κ2) is 6.09. The standard InChI is InChI=1S/C23H32N2O/c1-24-7-9-25(10-8-24)21(26)16-22-12-18-11-19(13-22)15-23(14-18,17-22)20-5-3-2-4-6-20/h2-6,18-19H,7-17H2,1H3/t18-,19-,22?,23?/m0/s1. The lowest BCUT2D eigenvalue weighted by molar-refractivity contribution is -0.142. The molecule has 1 aromatic carbocycles. The van der Waals surface area contributed by atoms with E-state index in [1.54, 1.807) is 5.56 Å². The molecule has 140 valence electrons. The van der Waals surface area contributed by atoms with Crippen molar-refractivity contribution in [2.45, 2.75) is 50.4 Å². The van der Waals surface area contributed by atoms with Crippen molar-refractivity contribution in [3.63, 3.8) is 0 Å². The van der Waals surface area contributed by atoms with Crippen LogP contribution in [0, 0.1) is 17.3 Å². The third kappa shape index (κ3) is 2.79. The third-order valence-electron chi connectivity index (χ3n) is 7.95. The van der Waals surface area contributed by atoms with E-state index < -0.39 is 0 Å². The summed E-state index contributed by atoms with van der Waals surface area (Å²) in [6.45, 7) is 3.89. The molecule has 3 nitrogen and oxygen atoms in total. The Bertz CT molecular complexity index is 663. The number of piperazine rings is 1. The van der Waals surface area contributed by atoms with E-state index in [9.17, 15) is 4.79 Å². The largest absolute Gasteiger partial charge is 0.340 e.